The lowest BCUT2D eigenvalue weighted by atomic mass is 10.1. The Balaban J connectivity index is 1.72. The number of nitrogens with zero attached hydrogens (tertiary/aromatic N) is 1. The summed E-state index contributed by atoms with van der Waals surface area (Å²) < 4.78 is 42.0. The summed E-state index contributed by atoms with van der Waals surface area (Å²) in [4.78, 5) is 15.2. The average Bonchev–Trinajstić information content (AvgIpc) is 2.91. The molecule has 0 saturated heterocycles. The number of rotatable bonds is 8. The summed E-state index contributed by atoms with van der Waals surface area (Å²) in [5.41, 5.74) is 2.02. The van der Waals surface area contributed by atoms with Gasteiger partial charge in [-0.3, -0.25) is 4.79 Å². The first-order valence-corrected chi connectivity index (χ1v) is 12.5. The standard InChI is InChI=1S/C26H25N3O6S/c1-4-17-9-11-19(12-10-17)27-25(30)21-15-18-7-5-6-8-22(18)35-26(21)28-29-36(31,32)20-13-14-23(33-2)24(16-20)34-3/h5-16,29H,4H2,1-3H3,(H,27,30)/b28-26-. The summed E-state index contributed by atoms with van der Waals surface area (Å²) in [5.74, 6) is 0.117. The van der Waals surface area contributed by atoms with E-state index >= 15 is 0 Å². The number of para-hydroxylation sites is 1. The highest BCUT2D eigenvalue weighted by atomic mass is 32.2. The molecule has 0 aliphatic carbocycles. The molecular weight excluding hydrogens is 482 g/mol. The molecule has 1 aromatic heterocycles. The normalized spacial score (nSPS) is 11.8. The topological polar surface area (TPSA) is 119 Å². The van der Waals surface area contributed by atoms with Crippen molar-refractivity contribution in [1.29, 1.82) is 0 Å². The molecule has 0 bridgehead atoms. The van der Waals surface area contributed by atoms with Crippen LogP contribution in [-0.2, 0) is 16.4 Å². The Morgan fingerprint density at radius 2 is 1.67 bits per heavy atom. The van der Waals surface area contributed by atoms with E-state index in [0.29, 0.717) is 22.4 Å². The Labute approximate surface area is 208 Å². The van der Waals surface area contributed by atoms with Crippen molar-refractivity contribution in [2.75, 3.05) is 19.5 Å². The Morgan fingerprint density at radius 3 is 2.36 bits per heavy atom. The van der Waals surface area contributed by atoms with E-state index in [1.54, 1.807) is 42.5 Å². The van der Waals surface area contributed by atoms with Gasteiger partial charge in [-0.25, -0.2) is 0 Å². The van der Waals surface area contributed by atoms with Crippen molar-refractivity contribution in [2.45, 2.75) is 18.2 Å². The van der Waals surface area contributed by atoms with E-state index in [2.05, 4.69) is 15.2 Å². The SMILES string of the molecule is CCc1ccc(NC(=O)c2cc3ccccc3o/c2=N\NS(=O)(=O)c2ccc(OC)c(OC)c2)cc1. The van der Waals surface area contributed by atoms with E-state index in [1.807, 2.05) is 19.1 Å². The zero-order valence-corrected chi connectivity index (χ0v) is 20.8. The van der Waals surface area contributed by atoms with Crippen molar-refractivity contribution in [3.05, 3.63) is 89.5 Å². The third-order valence-electron chi connectivity index (χ3n) is 5.45. The molecule has 4 aromatic rings. The zero-order valence-electron chi connectivity index (χ0n) is 19.9. The van der Waals surface area contributed by atoms with Crippen molar-refractivity contribution in [1.82, 2.24) is 4.83 Å². The summed E-state index contributed by atoms with van der Waals surface area (Å²) in [6.07, 6.45) is 0.876. The predicted octanol–water partition coefficient (Wildman–Crippen LogP) is 4.06. The molecule has 0 spiro atoms. The van der Waals surface area contributed by atoms with E-state index in [0.717, 1.165) is 12.0 Å². The predicted molar refractivity (Wildman–Crippen MR) is 135 cm³/mol. The van der Waals surface area contributed by atoms with Gasteiger partial charge >= 0.3 is 0 Å². The molecule has 1 heterocycles. The van der Waals surface area contributed by atoms with Gasteiger partial charge < -0.3 is 19.2 Å². The number of fused-ring (bicyclic) bond motifs is 1. The van der Waals surface area contributed by atoms with Crippen LogP contribution in [0.4, 0.5) is 5.69 Å². The number of hydrogen-bond donors (Lipinski definition) is 2. The van der Waals surface area contributed by atoms with Gasteiger partial charge in [0.1, 0.15) is 11.1 Å². The lowest BCUT2D eigenvalue weighted by molar-refractivity contribution is 0.102. The minimum absolute atomic E-state index is 0.0586. The number of nitrogens with one attached hydrogen (secondary N) is 2. The van der Waals surface area contributed by atoms with Crippen LogP contribution in [0.2, 0.25) is 0 Å². The number of sulfonamides is 1. The van der Waals surface area contributed by atoms with Crippen LogP contribution in [0.3, 0.4) is 0 Å². The van der Waals surface area contributed by atoms with Crippen LogP contribution in [0.15, 0.2) is 87.2 Å². The molecule has 0 fully saturated rings. The van der Waals surface area contributed by atoms with E-state index < -0.39 is 15.9 Å². The molecule has 0 aliphatic rings. The second kappa shape index (κ2) is 10.5. The molecule has 1 amide bonds. The van der Waals surface area contributed by atoms with Crippen LogP contribution >= 0.6 is 0 Å². The van der Waals surface area contributed by atoms with E-state index in [4.69, 9.17) is 13.9 Å². The lowest BCUT2D eigenvalue weighted by Gasteiger charge is -2.10. The van der Waals surface area contributed by atoms with Crippen LogP contribution in [0, 0.1) is 0 Å². The number of ether oxygens (including phenoxy) is 2. The Bertz CT molecular complexity index is 1580. The van der Waals surface area contributed by atoms with Crippen LogP contribution in [-0.4, -0.2) is 28.5 Å². The van der Waals surface area contributed by atoms with Crippen molar-refractivity contribution >= 4 is 32.6 Å². The smallest absolute Gasteiger partial charge is 0.276 e. The first-order valence-electron chi connectivity index (χ1n) is 11.1. The highest BCUT2D eigenvalue weighted by molar-refractivity contribution is 7.89. The number of benzene rings is 3. The van der Waals surface area contributed by atoms with Crippen LogP contribution in [0.5, 0.6) is 11.5 Å². The number of amides is 1. The quantitative estimate of drug-likeness (QED) is 0.347. The second-order valence-electron chi connectivity index (χ2n) is 7.73. The minimum Gasteiger partial charge on any atom is -0.493 e. The van der Waals surface area contributed by atoms with Crippen molar-refractivity contribution < 1.29 is 27.1 Å². The van der Waals surface area contributed by atoms with Gasteiger partial charge in [-0.2, -0.15) is 13.2 Å². The molecule has 0 atom stereocenters. The molecule has 0 radical (unpaired) electrons. The minimum atomic E-state index is -4.12. The first kappa shape index (κ1) is 24.8. The second-order valence-corrected chi connectivity index (χ2v) is 9.39. The molecule has 4 rings (SSSR count). The largest absolute Gasteiger partial charge is 0.493 e. The van der Waals surface area contributed by atoms with Gasteiger partial charge in [0.25, 0.3) is 15.9 Å². The molecule has 0 saturated carbocycles. The van der Waals surface area contributed by atoms with E-state index in [9.17, 15) is 13.2 Å². The van der Waals surface area contributed by atoms with Gasteiger partial charge in [0.05, 0.1) is 19.1 Å². The number of anilines is 1. The average molecular weight is 508 g/mol. The Kier molecular flexibility index (Phi) is 7.25. The highest BCUT2D eigenvalue weighted by Gasteiger charge is 2.18. The first-order chi connectivity index (χ1) is 17.3. The number of aryl methyl sites for hydroxylation is 1. The third-order valence-corrected chi connectivity index (χ3v) is 6.66. The maximum atomic E-state index is 13.1. The third kappa shape index (κ3) is 5.33. The van der Waals surface area contributed by atoms with E-state index in [-0.39, 0.29) is 21.8 Å². The van der Waals surface area contributed by atoms with Gasteiger partial charge in [0.2, 0.25) is 5.55 Å². The lowest BCUT2D eigenvalue weighted by Crippen LogP contribution is -2.27. The summed E-state index contributed by atoms with van der Waals surface area (Å²) >= 11 is 0. The van der Waals surface area contributed by atoms with Crippen LogP contribution in [0.1, 0.15) is 22.8 Å². The molecule has 36 heavy (non-hydrogen) atoms. The highest BCUT2D eigenvalue weighted by Crippen LogP contribution is 2.29. The molecule has 0 unspecified atom stereocenters. The maximum absolute atomic E-state index is 13.1. The molecule has 3 aromatic carbocycles. The molecule has 0 aliphatic heterocycles. The van der Waals surface area contributed by atoms with Gasteiger partial charge in [-0.15, -0.1) is 5.10 Å². The summed E-state index contributed by atoms with van der Waals surface area (Å²) in [6.45, 7) is 2.04. The fourth-order valence-corrected chi connectivity index (χ4v) is 4.29. The summed E-state index contributed by atoms with van der Waals surface area (Å²) in [6, 6.07) is 20.2. The fourth-order valence-electron chi connectivity index (χ4n) is 3.47. The molecular formula is C26H25N3O6S. The number of hydrogen-bond acceptors (Lipinski definition) is 7. The van der Waals surface area contributed by atoms with Gasteiger partial charge in [0.15, 0.2) is 11.5 Å². The number of methoxy groups -OCH3 is 2. The monoisotopic (exact) mass is 507 g/mol. The molecule has 2 N–H and O–H groups in total. The summed E-state index contributed by atoms with van der Waals surface area (Å²) in [7, 11) is -1.27. The number of carbonyl (C=O) groups excluding carboxylic acids is 1. The van der Waals surface area contributed by atoms with Crippen molar-refractivity contribution in [3.63, 3.8) is 0 Å². The maximum Gasteiger partial charge on any atom is 0.276 e. The summed E-state index contributed by atoms with van der Waals surface area (Å²) in [5, 5.41) is 7.42. The zero-order chi connectivity index (χ0) is 25.7. The van der Waals surface area contributed by atoms with E-state index in [1.165, 1.54) is 32.4 Å². The number of carbonyl (C=O) groups is 1. The van der Waals surface area contributed by atoms with Gasteiger partial charge in [0, 0.05) is 17.1 Å². The van der Waals surface area contributed by atoms with Crippen molar-refractivity contribution in [3.8, 4) is 11.5 Å². The van der Waals surface area contributed by atoms with Crippen molar-refractivity contribution in [2.24, 2.45) is 5.10 Å². The molecule has 186 valence electrons. The molecule has 10 heteroatoms. The van der Waals surface area contributed by atoms with Crippen LogP contribution < -0.4 is 25.2 Å². The van der Waals surface area contributed by atoms with Gasteiger partial charge in [-0.05, 0) is 48.4 Å². The fraction of sp³-hybridized carbons (Fsp3) is 0.154. The Hall–Kier alpha value is -4.31. The molecule has 9 nitrogen and oxygen atoms in total. The Morgan fingerprint density at radius 1 is 0.944 bits per heavy atom. The van der Waals surface area contributed by atoms with Gasteiger partial charge in [-0.1, -0.05) is 37.3 Å². The van der Waals surface area contributed by atoms with Crippen LogP contribution in [0.25, 0.3) is 11.0 Å².